The number of benzene rings is 4. The number of ether oxygens (including phenoxy) is 4. The van der Waals surface area contributed by atoms with Crippen LogP contribution in [0.5, 0.6) is 0 Å². The number of nitrogen functional groups attached to an aromatic ring is 4. The van der Waals surface area contributed by atoms with Gasteiger partial charge in [-0.25, -0.2) is 52.4 Å². The average molecular weight is 1790 g/mol. The smallest absolute Gasteiger partial charge is 0.870 e. The number of aromatic nitrogens is 12. The second kappa shape index (κ2) is 43.1. The number of fused-ring (bicyclic) bond motifs is 4. The fraction of sp³-hybridized carbons (Fsp3) is 0.350. The van der Waals surface area contributed by atoms with Gasteiger partial charge in [0.2, 0.25) is 0 Å². The molecule has 0 unspecified atom stereocenters. The number of nitrogens with zero attached hydrogens (tertiary/aromatic N) is 13. The zero-order valence-corrected chi connectivity index (χ0v) is 70.5. The molecule has 1 amide bonds. The van der Waals surface area contributed by atoms with Gasteiger partial charge in [0.15, 0.2) is 45.4 Å². The van der Waals surface area contributed by atoms with Crippen LogP contribution in [0.4, 0.5) is 92.9 Å². The second-order valence-electron chi connectivity index (χ2n) is 28.2. The molecule has 16 N–H and O–H groups in total. The predicted molar refractivity (Wildman–Crippen MR) is 439 cm³/mol. The molecule has 672 valence electrons. The zero-order valence-electron chi connectivity index (χ0n) is 69.7. The van der Waals surface area contributed by atoms with E-state index in [1.165, 1.54) is 49.9 Å². The first-order valence-corrected chi connectivity index (χ1v) is 38.4. The molecule has 126 heavy (non-hydrogen) atoms. The summed E-state index contributed by atoms with van der Waals surface area (Å²) in [4.78, 5) is 66.3. The number of nitrogens with one attached hydrogen (secondary N) is 4. The number of alkyl halides is 12. The maximum Gasteiger partial charge on any atom is 1.00 e. The third-order valence-corrected chi connectivity index (χ3v) is 18.4. The fourth-order valence-electron chi connectivity index (χ4n) is 12.2. The van der Waals surface area contributed by atoms with Gasteiger partial charge in [-0.3, -0.25) is 4.79 Å². The van der Waals surface area contributed by atoms with Crippen molar-refractivity contribution in [3.8, 4) is 0 Å². The van der Waals surface area contributed by atoms with E-state index in [9.17, 15) is 71.9 Å². The topological polar surface area (TPSA) is 458 Å². The number of esters is 2. The number of rotatable bonds is 16. The van der Waals surface area contributed by atoms with Gasteiger partial charge >= 0.3 is 61.5 Å². The van der Waals surface area contributed by atoms with E-state index in [0.29, 0.717) is 117 Å². The molecule has 32 nitrogen and oxygen atoms in total. The molecule has 0 radical (unpaired) electrons. The number of carboxylic acids is 1. The van der Waals surface area contributed by atoms with Gasteiger partial charge in [-0.05, 0) is 164 Å². The van der Waals surface area contributed by atoms with Crippen molar-refractivity contribution < 1.29 is 120 Å². The van der Waals surface area contributed by atoms with Crippen LogP contribution in [0.3, 0.4) is 0 Å². The van der Waals surface area contributed by atoms with Crippen LogP contribution in [-0.4, -0.2) is 164 Å². The van der Waals surface area contributed by atoms with E-state index >= 15 is 0 Å². The third-order valence-electron chi connectivity index (χ3n) is 18.1. The molecule has 0 spiro atoms. The number of carbonyl (C=O) groups excluding carboxylic acids is 3. The summed E-state index contributed by atoms with van der Waals surface area (Å²) in [6, 6.07) is 17.5. The maximum atomic E-state index is 13.2. The number of hydrogen-bond donors (Lipinski definition) is 10. The number of hydrogen-bond acceptors (Lipinski definition) is 26. The quantitative estimate of drug-likeness (QED) is 0.0186. The van der Waals surface area contributed by atoms with E-state index in [-0.39, 0.29) is 82.4 Å². The summed E-state index contributed by atoms with van der Waals surface area (Å²) >= 11 is 5.93. The van der Waals surface area contributed by atoms with Crippen molar-refractivity contribution in [1.82, 2.24) is 68.6 Å². The van der Waals surface area contributed by atoms with Gasteiger partial charge < -0.3 is 84.4 Å². The van der Waals surface area contributed by atoms with E-state index in [1.807, 2.05) is 0 Å². The average Bonchev–Trinajstić information content (AvgIpc) is 2.52. The van der Waals surface area contributed by atoms with Crippen LogP contribution in [-0.2, 0) is 43.7 Å². The number of aryl methyl sites for hydroxylation is 4. The van der Waals surface area contributed by atoms with Crippen LogP contribution < -0.4 is 68.8 Å². The summed E-state index contributed by atoms with van der Waals surface area (Å²) in [5, 5.41) is 38.4. The Balaban J connectivity index is 0.000000217. The Morgan fingerprint density at radius 2 is 0.754 bits per heavy atom. The molecule has 4 atom stereocenters. The summed E-state index contributed by atoms with van der Waals surface area (Å²) in [6.45, 7) is 23.4. The number of anilines is 7. The van der Waals surface area contributed by atoms with Gasteiger partial charge in [-0.2, -0.15) is 73.1 Å². The van der Waals surface area contributed by atoms with E-state index < -0.39 is 89.0 Å². The molecular formula is C80H90ClF12LiN22O10. The summed E-state index contributed by atoms with van der Waals surface area (Å²) in [7, 11) is 0. The minimum Gasteiger partial charge on any atom is -0.870 e. The second-order valence-corrected chi connectivity index (χ2v) is 28.6. The number of aromatic carboxylic acids is 1. The van der Waals surface area contributed by atoms with Gasteiger partial charge in [0, 0.05) is 79.2 Å². The minimum atomic E-state index is -4.51. The van der Waals surface area contributed by atoms with Gasteiger partial charge in [0.25, 0.3) is 5.91 Å². The van der Waals surface area contributed by atoms with Crippen LogP contribution in [0.2, 0.25) is 5.15 Å². The first-order chi connectivity index (χ1) is 58.1. The Hall–Kier alpha value is -12.3. The van der Waals surface area contributed by atoms with Crippen molar-refractivity contribution in [3.63, 3.8) is 0 Å². The number of halogens is 13. The van der Waals surface area contributed by atoms with Gasteiger partial charge in [0.05, 0.1) is 128 Å². The molecule has 46 heteroatoms. The third kappa shape index (κ3) is 27.3. The number of carbonyl (C=O) groups is 4. The Labute approximate surface area is 728 Å². The Kier molecular flexibility index (Phi) is 34.4. The molecule has 12 aromatic rings. The van der Waals surface area contributed by atoms with Crippen molar-refractivity contribution >= 4 is 97.7 Å². The maximum absolute atomic E-state index is 13.2. The zero-order chi connectivity index (χ0) is 91.2. The molecule has 14 rings (SSSR count). The van der Waals surface area contributed by atoms with Crippen molar-refractivity contribution in [1.29, 1.82) is 0 Å². The predicted octanol–water partition coefficient (Wildman–Crippen LogP) is 11.4. The first-order valence-electron chi connectivity index (χ1n) is 38.0. The van der Waals surface area contributed by atoms with E-state index in [1.54, 1.807) is 116 Å². The largest absolute Gasteiger partial charge is 1.00 e. The van der Waals surface area contributed by atoms with Crippen molar-refractivity contribution in [2.75, 3.05) is 105 Å². The van der Waals surface area contributed by atoms with Crippen molar-refractivity contribution in [2.45, 2.75) is 118 Å². The molecule has 0 bridgehead atoms. The Morgan fingerprint density at radius 3 is 1.07 bits per heavy atom. The van der Waals surface area contributed by atoms with E-state index in [2.05, 4.69) is 61.6 Å². The molecule has 2 aliphatic heterocycles. The number of nitrogens with two attached hydrogens (primary N) is 5. The van der Waals surface area contributed by atoms with Crippen LogP contribution in [0.25, 0.3) is 22.1 Å². The normalized spacial score (nSPS) is 13.8. The number of morpholine rings is 2. The standard InChI is InChI=1S/C21H23F3N6O2.C19H20F3N5O2.C17H16F3N5O2.C10H10ClN3O2.C9H11F3N2.C4H9NO.Li.H2O/c1-12-11-30-18(10-17(28-30)20(31)29-3-5-32-6-4-29)19(26-12)27-13(2)14-7-15(21(22,23)24)9-16(25)8-14;1-4-29-18(28)15-8-16-17(24-10(2)9-27(16)26-15)25-11(3)12-5-13(19(20,21)22)7-14(23)6-12;1-8-7-25-14(6-13(24-25)16(26)27)15(22-8)23-9(2)10-3-11(17(18,19)20)5-12(21)4-10;1-3-16-10(15)7-4-8-9(11)12-6(2)5-14(8)13-7;1-5(13)6-2-7(9(10,11)12)4-8(14)3-6;1-3-6-4-2-5-1;;/h7-11,13H,3-6,25H2,1-2H3,(H,26,27);5-9,11H,4,23H2,1-3H3,(H,24,25);3-7,9H,21H2,1-2H3,(H,22,23)(H,26,27);4-5H,3H2,1-2H3;2-5H,13-14H2,1H3;5H,1-4H2;;1H2/q;;;;;;+1;/p-1/t13-;11-;9-;;5-;;;/m111.1.../s1. The molecule has 2 fully saturated rings. The van der Waals surface area contributed by atoms with Crippen LogP contribution in [0.1, 0.15) is 175 Å². The summed E-state index contributed by atoms with van der Waals surface area (Å²) in [6.07, 6.45) is -11.3. The molecule has 8 aromatic heterocycles. The number of amides is 1. The molecule has 4 aromatic carbocycles. The molecule has 0 saturated carbocycles. The van der Waals surface area contributed by atoms with Crippen LogP contribution in [0.15, 0.2) is 122 Å². The van der Waals surface area contributed by atoms with Gasteiger partial charge in [-0.15, -0.1) is 0 Å². The number of carboxylic acid groups (broad SMARTS) is 1. The monoisotopic (exact) mass is 1790 g/mol. The first kappa shape index (κ1) is 101. The molecular weight excluding hydrogens is 1700 g/mol. The summed E-state index contributed by atoms with van der Waals surface area (Å²) < 4.78 is 181. The van der Waals surface area contributed by atoms with Crippen molar-refractivity contribution in [2.24, 2.45) is 5.73 Å². The molecule has 2 saturated heterocycles. The van der Waals surface area contributed by atoms with Crippen molar-refractivity contribution in [3.05, 3.63) is 217 Å². The fourth-order valence-corrected chi connectivity index (χ4v) is 12.5. The van der Waals surface area contributed by atoms with Crippen LogP contribution >= 0.6 is 11.6 Å². The molecule has 10 heterocycles. The van der Waals surface area contributed by atoms with E-state index in [4.69, 9.17) is 64.3 Å². The summed E-state index contributed by atoms with van der Waals surface area (Å²) in [5.41, 5.74) is 31.1. The molecule has 0 aliphatic carbocycles. The Morgan fingerprint density at radius 1 is 0.460 bits per heavy atom. The van der Waals surface area contributed by atoms with E-state index in [0.717, 1.165) is 80.5 Å². The SMILES string of the molecule is C1COCCN1.CCOC(=O)c1cc2c(Cl)nc(C)cn2n1.CCOC(=O)c1cc2c(N[C@H](C)c3cc(N)cc(C(F)(F)F)c3)nc(C)cn2n1.C[C@@H](N)c1cc(N)cc(C(F)(F)F)c1.Cc1cn2nc(C(=O)N3CCOCC3)cc2c(N[C@H](C)c2cc(N)cc(C(F)(F)F)c2)n1.Cc1cn2nc(C(=O)O)cc2c(N[C@H](C)c2cc(N)cc(C(F)(F)F)c2)n1.[Li+].[OH-]. The Bertz CT molecular complexity index is 5790. The van der Waals surface area contributed by atoms with Gasteiger partial charge in [-0.1, -0.05) is 11.6 Å². The molecule has 2 aliphatic rings. The minimum absolute atomic E-state index is 0. The summed E-state index contributed by atoms with van der Waals surface area (Å²) in [5.74, 6) is -1.35. The van der Waals surface area contributed by atoms with Gasteiger partial charge in [0.1, 0.15) is 22.1 Å². The van der Waals surface area contributed by atoms with Crippen LogP contribution in [0, 0.1) is 27.7 Å².